The number of halogens is 6. The molecule has 1 saturated carbocycles. The summed E-state index contributed by atoms with van der Waals surface area (Å²) in [5.74, 6) is -6.56. The molecule has 0 unspecified atom stereocenters. The van der Waals surface area contributed by atoms with E-state index < -0.39 is 78.2 Å². The van der Waals surface area contributed by atoms with Crippen LogP contribution in [0, 0.1) is 11.3 Å². The Bertz CT molecular complexity index is 1410. The Labute approximate surface area is 268 Å². The van der Waals surface area contributed by atoms with Gasteiger partial charge in [-0.25, -0.2) is 0 Å². The second-order valence-electron chi connectivity index (χ2n) is 11.8. The number of alkyl halides is 6. The van der Waals surface area contributed by atoms with Gasteiger partial charge in [0.05, 0.1) is 13.2 Å². The molecule has 0 aromatic heterocycles. The van der Waals surface area contributed by atoms with Crippen molar-refractivity contribution in [1.82, 2.24) is 16.0 Å². The van der Waals surface area contributed by atoms with Gasteiger partial charge >= 0.3 is 12.4 Å². The van der Waals surface area contributed by atoms with Gasteiger partial charge in [0.1, 0.15) is 23.2 Å². The number of Topliss-reactive ketones (excluding diaryl/α,β-unsaturated/α-hetero) is 1. The van der Waals surface area contributed by atoms with Crippen LogP contribution < -0.4 is 26.4 Å². The minimum Gasteiger partial charge on any atom is -0.497 e. The molecule has 1 aliphatic rings. The van der Waals surface area contributed by atoms with E-state index >= 15 is 0 Å². The topological polar surface area (TPSA) is 140 Å². The number of rotatable bonds is 13. The van der Waals surface area contributed by atoms with E-state index in [1.807, 2.05) is 0 Å². The lowest BCUT2D eigenvalue weighted by Crippen LogP contribution is -2.57. The van der Waals surface area contributed by atoms with Crippen LogP contribution in [-0.2, 0) is 32.1 Å². The summed E-state index contributed by atoms with van der Waals surface area (Å²) < 4.78 is 87.8. The molecule has 1 aliphatic carbocycles. The highest BCUT2D eigenvalue weighted by molar-refractivity contribution is 5.97. The number of carbonyl (C=O) groups is 4. The van der Waals surface area contributed by atoms with Gasteiger partial charge in [-0.3, -0.25) is 19.2 Å². The number of benzene rings is 2. The third kappa shape index (κ3) is 9.02. The van der Waals surface area contributed by atoms with Crippen LogP contribution >= 0.6 is 0 Å². The highest BCUT2D eigenvalue weighted by atomic mass is 19.4. The third-order valence-corrected chi connectivity index (χ3v) is 8.28. The Morgan fingerprint density at radius 2 is 1.38 bits per heavy atom. The minimum absolute atomic E-state index is 0.0542. The molecular formula is C32H38F6N4O5. The first kappa shape index (κ1) is 37.3. The van der Waals surface area contributed by atoms with Crippen molar-refractivity contribution in [2.75, 3.05) is 7.11 Å². The Morgan fingerprint density at radius 1 is 0.830 bits per heavy atom. The van der Waals surface area contributed by atoms with Crippen molar-refractivity contribution in [3.05, 3.63) is 65.2 Å². The SMILES string of the molecule is COc1ccc([C@H](NC(=O)[C@H](Cc2ccc(CN)cc2)NC(=O)C2(C(F)(F)F)CCCC2)C(=O)N[C@H](C(=O)C(F)(F)F)C(C)C)cc1. The molecule has 0 aliphatic heterocycles. The molecule has 258 valence electrons. The normalized spacial score (nSPS) is 16.6. The molecule has 0 bridgehead atoms. The highest BCUT2D eigenvalue weighted by Gasteiger charge is 2.61. The first-order chi connectivity index (χ1) is 21.9. The first-order valence-corrected chi connectivity index (χ1v) is 14.9. The van der Waals surface area contributed by atoms with Crippen molar-refractivity contribution in [2.45, 2.75) is 83.0 Å². The smallest absolute Gasteiger partial charge is 0.452 e. The van der Waals surface area contributed by atoms with Gasteiger partial charge in [-0.1, -0.05) is 63.1 Å². The molecule has 0 radical (unpaired) electrons. The van der Waals surface area contributed by atoms with E-state index in [1.54, 1.807) is 24.3 Å². The fourth-order valence-corrected chi connectivity index (χ4v) is 5.46. The Morgan fingerprint density at radius 3 is 1.85 bits per heavy atom. The summed E-state index contributed by atoms with van der Waals surface area (Å²) in [6, 6.07) is 6.56. The van der Waals surface area contributed by atoms with Crippen LogP contribution in [0.4, 0.5) is 26.3 Å². The van der Waals surface area contributed by atoms with E-state index in [1.165, 1.54) is 45.2 Å². The van der Waals surface area contributed by atoms with Crippen molar-refractivity contribution in [3.63, 3.8) is 0 Å². The van der Waals surface area contributed by atoms with Gasteiger partial charge in [-0.2, -0.15) is 26.3 Å². The van der Waals surface area contributed by atoms with E-state index in [9.17, 15) is 45.5 Å². The van der Waals surface area contributed by atoms with Gasteiger partial charge in [0.25, 0.3) is 5.78 Å². The molecule has 0 spiro atoms. The summed E-state index contributed by atoms with van der Waals surface area (Å²) in [6.07, 6.45) is -11.1. The number of amides is 3. The van der Waals surface area contributed by atoms with E-state index in [-0.39, 0.29) is 31.4 Å². The maximum absolute atomic E-state index is 14.2. The zero-order chi connectivity index (χ0) is 35.2. The van der Waals surface area contributed by atoms with E-state index in [0.29, 0.717) is 11.3 Å². The fraction of sp³-hybridized carbons (Fsp3) is 0.500. The number of ketones is 1. The molecule has 5 N–H and O–H groups in total. The second kappa shape index (κ2) is 15.2. The maximum Gasteiger partial charge on any atom is 0.452 e. The molecule has 3 amide bonds. The number of methoxy groups -OCH3 is 1. The monoisotopic (exact) mass is 672 g/mol. The van der Waals surface area contributed by atoms with Crippen LogP contribution in [-0.4, -0.2) is 55.1 Å². The van der Waals surface area contributed by atoms with Gasteiger partial charge in [0.15, 0.2) is 0 Å². The van der Waals surface area contributed by atoms with Crippen molar-refractivity contribution < 1.29 is 50.3 Å². The number of ether oxygens (including phenoxy) is 1. The molecule has 2 aromatic rings. The number of hydrogen-bond donors (Lipinski definition) is 4. The average molecular weight is 673 g/mol. The third-order valence-electron chi connectivity index (χ3n) is 8.28. The molecule has 3 rings (SSSR count). The second-order valence-corrected chi connectivity index (χ2v) is 11.8. The van der Waals surface area contributed by atoms with Crippen LogP contribution in [0.5, 0.6) is 5.75 Å². The molecule has 1 fully saturated rings. The summed E-state index contributed by atoms with van der Waals surface area (Å²) >= 11 is 0. The Kier molecular flexibility index (Phi) is 12.1. The van der Waals surface area contributed by atoms with Crippen LogP contribution in [0.1, 0.15) is 62.3 Å². The number of nitrogens with one attached hydrogen (secondary N) is 3. The number of carbonyl (C=O) groups excluding carboxylic acids is 4. The minimum atomic E-state index is -5.27. The standard InChI is InChI=1S/C32H38F6N4O5/c1-18(2)24(26(43)31(33,34)35)41-28(45)25(21-10-12-22(47-3)13-11-21)42-27(44)23(16-19-6-8-20(17-39)9-7-19)40-29(46)30(32(36,37)38)14-4-5-15-30/h6-13,18,23-25H,4-5,14-17,39H2,1-3H3,(H,40,46)(H,41,45)(H,42,44)/t23-,24-,25-/m0/s1. The van der Waals surface area contributed by atoms with E-state index in [2.05, 4.69) is 16.0 Å². The van der Waals surface area contributed by atoms with Gasteiger partial charge < -0.3 is 26.4 Å². The van der Waals surface area contributed by atoms with E-state index in [0.717, 1.165) is 5.56 Å². The first-order valence-electron chi connectivity index (χ1n) is 14.9. The van der Waals surface area contributed by atoms with Crippen molar-refractivity contribution in [3.8, 4) is 5.75 Å². The summed E-state index contributed by atoms with van der Waals surface area (Å²) in [7, 11) is 1.36. The zero-order valence-corrected chi connectivity index (χ0v) is 26.1. The van der Waals surface area contributed by atoms with Crippen molar-refractivity contribution >= 4 is 23.5 Å². The summed E-state index contributed by atoms with van der Waals surface area (Å²) in [5, 5.41) is 6.69. The van der Waals surface area contributed by atoms with Crippen LogP contribution in [0.25, 0.3) is 0 Å². The molecule has 0 saturated heterocycles. The fourth-order valence-electron chi connectivity index (χ4n) is 5.46. The zero-order valence-electron chi connectivity index (χ0n) is 26.1. The molecule has 2 aromatic carbocycles. The number of nitrogens with two attached hydrogens (primary N) is 1. The molecule has 0 heterocycles. The number of hydrogen-bond acceptors (Lipinski definition) is 6. The van der Waals surface area contributed by atoms with Crippen molar-refractivity contribution in [1.29, 1.82) is 0 Å². The van der Waals surface area contributed by atoms with Crippen molar-refractivity contribution in [2.24, 2.45) is 17.1 Å². The van der Waals surface area contributed by atoms with Gasteiger partial charge in [-0.05, 0) is 47.6 Å². The average Bonchev–Trinajstić information content (AvgIpc) is 3.54. The molecule has 3 atom stereocenters. The van der Waals surface area contributed by atoms with Gasteiger partial charge in [0.2, 0.25) is 17.7 Å². The van der Waals surface area contributed by atoms with Crippen LogP contribution in [0.3, 0.4) is 0 Å². The molecule has 9 nitrogen and oxygen atoms in total. The predicted octanol–water partition coefficient (Wildman–Crippen LogP) is 4.43. The molecule has 15 heteroatoms. The Balaban J connectivity index is 2.00. The summed E-state index contributed by atoms with van der Waals surface area (Å²) in [4.78, 5) is 52.8. The van der Waals surface area contributed by atoms with E-state index in [4.69, 9.17) is 10.5 Å². The molecule has 47 heavy (non-hydrogen) atoms. The molecular weight excluding hydrogens is 634 g/mol. The summed E-state index contributed by atoms with van der Waals surface area (Å²) in [6.45, 7) is 2.77. The lowest BCUT2D eigenvalue weighted by atomic mass is 9.83. The van der Waals surface area contributed by atoms with Crippen LogP contribution in [0.15, 0.2) is 48.5 Å². The van der Waals surface area contributed by atoms with Gasteiger partial charge in [0, 0.05) is 13.0 Å². The van der Waals surface area contributed by atoms with Crippen LogP contribution in [0.2, 0.25) is 0 Å². The Hall–Kier alpha value is -4.14. The largest absolute Gasteiger partial charge is 0.497 e. The quantitative estimate of drug-likeness (QED) is 0.232. The maximum atomic E-state index is 14.2. The lowest BCUT2D eigenvalue weighted by Gasteiger charge is -2.32. The predicted molar refractivity (Wildman–Crippen MR) is 159 cm³/mol. The van der Waals surface area contributed by atoms with Gasteiger partial charge in [-0.15, -0.1) is 0 Å². The highest BCUT2D eigenvalue weighted by Crippen LogP contribution is 2.50. The summed E-state index contributed by atoms with van der Waals surface area (Å²) in [5.41, 5.74) is 4.14. The lowest BCUT2D eigenvalue weighted by molar-refractivity contribution is -0.220.